The Morgan fingerprint density at radius 2 is 2.16 bits per heavy atom. The molecule has 0 fully saturated rings. The number of hydrogen-bond donors (Lipinski definition) is 2. The third kappa shape index (κ3) is 2.04. The Bertz CT molecular complexity index is 594. The molecule has 6 nitrogen and oxygen atoms in total. The average molecular weight is 259 g/mol. The van der Waals surface area contributed by atoms with Crippen LogP contribution in [0.15, 0.2) is 24.3 Å². The number of methoxy groups -OCH3 is 1. The molecule has 0 spiro atoms. The molecule has 3 rings (SSSR count). The van der Waals surface area contributed by atoms with E-state index in [9.17, 15) is 0 Å². The maximum Gasteiger partial charge on any atom is 0.239 e. The third-order valence-electron chi connectivity index (χ3n) is 3.54. The van der Waals surface area contributed by atoms with E-state index in [-0.39, 0.29) is 18.1 Å². The highest BCUT2D eigenvalue weighted by Crippen LogP contribution is 2.36. The molecule has 1 aromatic heterocycles. The quantitative estimate of drug-likeness (QED) is 0.798. The second-order valence-electron chi connectivity index (χ2n) is 4.76. The van der Waals surface area contributed by atoms with Gasteiger partial charge in [-0.2, -0.15) is 4.98 Å². The molecule has 0 aliphatic carbocycles. The number of nitrogen functional groups attached to an aromatic ring is 2. The molecule has 2 heterocycles. The zero-order valence-corrected chi connectivity index (χ0v) is 10.8. The fraction of sp³-hybridized carbons (Fsp3) is 0.385. The largest absolute Gasteiger partial charge is 0.399 e. The highest BCUT2D eigenvalue weighted by Gasteiger charge is 2.31. The monoisotopic (exact) mass is 259 g/mol. The number of rotatable bonds is 2. The summed E-state index contributed by atoms with van der Waals surface area (Å²) in [4.78, 5) is 4.28. The number of nitrogens with zero attached hydrogens (tertiary/aromatic N) is 3. The Labute approximate surface area is 111 Å². The smallest absolute Gasteiger partial charge is 0.239 e. The average Bonchev–Trinajstić information content (AvgIpc) is 2.78. The van der Waals surface area contributed by atoms with Gasteiger partial charge in [0.2, 0.25) is 5.95 Å². The zero-order valence-electron chi connectivity index (χ0n) is 10.8. The van der Waals surface area contributed by atoms with Gasteiger partial charge in [0, 0.05) is 12.8 Å². The van der Waals surface area contributed by atoms with E-state index in [0.717, 1.165) is 29.9 Å². The number of hydrogen-bond acceptors (Lipinski definition) is 5. The van der Waals surface area contributed by atoms with Crippen LogP contribution in [-0.4, -0.2) is 21.9 Å². The Morgan fingerprint density at radius 1 is 1.32 bits per heavy atom. The van der Waals surface area contributed by atoms with Crippen LogP contribution in [0.4, 0.5) is 11.6 Å². The predicted octanol–water partition coefficient (Wildman–Crippen LogP) is 1.51. The fourth-order valence-electron chi connectivity index (χ4n) is 2.66. The molecule has 2 atom stereocenters. The maximum absolute atomic E-state index is 5.85. The third-order valence-corrected chi connectivity index (χ3v) is 3.54. The van der Waals surface area contributed by atoms with E-state index in [1.807, 2.05) is 22.9 Å². The highest BCUT2D eigenvalue weighted by atomic mass is 16.5. The van der Waals surface area contributed by atoms with E-state index >= 15 is 0 Å². The molecule has 1 aliphatic rings. The molecule has 100 valence electrons. The lowest BCUT2D eigenvalue weighted by Crippen LogP contribution is -2.24. The summed E-state index contributed by atoms with van der Waals surface area (Å²) >= 11 is 0. The molecule has 4 N–H and O–H groups in total. The first kappa shape index (κ1) is 12.0. The van der Waals surface area contributed by atoms with Gasteiger partial charge in [-0.05, 0) is 30.5 Å². The standard InChI is InChI=1S/C13H17N5O/c1-19-11-6-5-10(8-3-2-4-9(14)7-8)18-12(11)16-13(15)17-18/h2-4,7,10-11H,5-6,14H2,1H3,(H2,15,17). The second kappa shape index (κ2) is 4.55. The molecule has 1 aliphatic heterocycles. The normalized spacial score (nSPS) is 22.2. The number of ether oxygens (including phenoxy) is 1. The number of anilines is 2. The van der Waals surface area contributed by atoms with Crippen LogP contribution in [0.3, 0.4) is 0 Å². The van der Waals surface area contributed by atoms with Crippen molar-refractivity contribution in [3.05, 3.63) is 35.7 Å². The van der Waals surface area contributed by atoms with Gasteiger partial charge in [0.05, 0.1) is 6.04 Å². The van der Waals surface area contributed by atoms with Gasteiger partial charge in [-0.3, -0.25) is 0 Å². The Balaban J connectivity index is 2.05. The first-order valence-corrected chi connectivity index (χ1v) is 6.29. The van der Waals surface area contributed by atoms with Crippen molar-refractivity contribution in [3.63, 3.8) is 0 Å². The van der Waals surface area contributed by atoms with Gasteiger partial charge >= 0.3 is 0 Å². The van der Waals surface area contributed by atoms with Gasteiger partial charge in [0.1, 0.15) is 6.10 Å². The van der Waals surface area contributed by atoms with Gasteiger partial charge in [0.25, 0.3) is 0 Å². The lowest BCUT2D eigenvalue weighted by atomic mass is 9.96. The van der Waals surface area contributed by atoms with E-state index in [2.05, 4.69) is 16.1 Å². The van der Waals surface area contributed by atoms with Crippen LogP contribution < -0.4 is 11.5 Å². The minimum absolute atomic E-state index is 0.0397. The summed E-state index contributed by atoms with van der Waals surface area (Å²) in [6.07, 6.45) is 1.79. The molecule has 0 saturated carbocycles. The summed E-state index contributed by atoms with van der Waals surface area (Å²) in [7, 11) is 1.68. The minimum Gasteiger partial charge on any atom is -0.399 e. The van der Waals surface area contributed by atoms with Crippen LogP contribution in [0.5, 0.6) is 0 Å². The molecule has 1 aromatic carbocycles. The van der Waals surface area contributed by atoms with Crippen LogP contribution in [0.1, 0.15) is 36.4 Å². The summed E-state index contributed by atoms with van der Waals surface area (Å²) in [6.45, 7) is 0. The van der Waals surface area contributed by atoms with Crippen molar-refractivity contribution in [2.24, 2.45) is 0 Å². The lowest BCUT2D eigenvalue weighted by molar-refractivity contribution is 0.0649. The Morgan fingerprint density at radius 3 is 2.89 bits per heavy atom. The number of nitrogens with two attached hydrogens (primary N) is 2. The summed E-state index contributed by atoms with van der Waals surface area (Å²) in [5, 5.41) is 4.30. The molecule has 0 bridgehead atoms. The van der Waals surface area contributed by atoms with Crippen LogP contribution in [-0.2, 0) is 4.74 Å². The van der Waals surface area contributed by atoms with Gasteiger partial charge in [-0.1, -0.05) is 12.1 Å². The Kier molecular flexibility index (Phi) is 2.87. The van der Waals surface area contributed by atoms with E-state index in [1.165, 1.54) is 0 Å². The molecular formula is C13H17N5O. The summed E-state index contributed by atoms with van der Waals surface area (Å²) < 4.78 is 7.30. The molecule has 19 heavy (non-hydrogen) atoms. The topological polar surface area (TPSA) is 92.0 Å². The van der Waals surface area contributed by atoms with E-state index in [0.29, 0.717) is 0 Å². The number of benzene rings is 1. The van der Waals surface area contributed by atoms with Crippen molar-refractivity contribution in [1.29, 1.82) is 0 Å². The number of fused-ring (bicyclic) bond motifs is 1. The molecular weight excluding hydrogens is 242 g/mol. The van der Waals surface area contributed by atoms with Gasteiger partial charge in [-0.15, -0.1) is 5.10 Å². The molecule has 0 radical (unpaired) electrons. The maximum atomic E-state index is 5.85. The van der Waals surface area contributed by atoms with Crippen molar-refractivity contribution in [1.82, 2.24) is 14.8 Å². The van der Waals surface area contributed by atoms with Crippen molar-refractivity contribution < 1.29 is 4.74 Å². The van der Waals surface area contributed by atoms with Gasteiger partial charge < -0.3 is 16.2 Å². The summed E-state index contributed by atoms with van der Waals surface area (Å²) in [5.41, 5.74) is 13.4. The molecule has 6 heteroatoms. The van der Waals surface area contributed by atoms with Crippen molar-refractivity contribution in [3.8, 4) is 0 Å². The van der Waals surface area contributed by atoms with E-state index in [1.54, 1.807) is 7.11 Å². The lowest BCUT2D eigenvalue weighted by Gasteiger charge is -2.28. The van der Waals surface area contributed by atoms with Crippen molar-refractivity contribution in [2.45, 2.75) is 25.0 Å². The van der Waals surface area contributed by atoms with Crippen LogP contribution in [0.25, 0.3) is 0 Å². The van der Waals surface area contributed by atoms with Crippen molar-refractivity contribution >= 4 is 11.6 Å². The molecule has 2 unspecified atom stereocenters. The summed E-state index contributed by atoms with van der Waals surface area (Å²) in [5.74, 6) is 1.08. The number of aromatic nitrogens is 3. The van der Waals surface area contributed by atoms with Gasteiger partial charge in [0.15, 0.2) is 5.82 Å². The van der Waals surface area contributed by atoms with Crippen LogP contribution in [0, 0.1) is 0 Å². The molecule has 0 saturated heterocycles. The predicted molar refractivity (Wildman–Crippen MR) is 72.4 cm³/mol. The second-order valence-corrected chi connectivity index (χ2v) is 4.76. The minimum atomic E-state index is -0.0397. The SMILES string of the molecule is COC1CCC(c2cccc(N)c2)n2nc(N)nc21. The van der Waals surface area contributed by atoms with Gasteiger partial charge in [-0.25, -0.2) is 4.68 Å². The fourth-order valence-corrected chi connectivity index (χ4v) is 2.66. The first-order chi connectivity index (χ1) is 9.19. The highest BCUT2D eigenvalue weighted by molar-refractivity contribution is 5.42. The van der Waals surface area contributed by atoms with Crippen LogP contribution >= 0.6 is 0 Å². The summed E-state index contributed by atoms with van der Waals surface area (Å²) in [6, 6.07) is 7.97. The van der Waals surface area contributed by atoms with Crippen molar-refractivity contribution in [2.75, 3.05) is 18.6 Å². The molecule has 0 amide bonds. The van der Waals surface area contributed by atoms with E-state index in [4.69, 9.17) is 16.2 Å². The zero-order chi connectivity index (χ0) is 13.4. The molecule has 2 aromatic rings. The van der Waals surface area contributed by atoms with Crippen LogP contribution in [0.2, 0.25) is 0 Å². The Hall–Kier alpha value is -2.08. The van der Waals surface area contributed by atoms with E-state index < -0.39 is 0 Å². The first-order valence-electron chi connectivity index (χ1n) is 6.29.